The summed E-state index contributed by atoms with van der Waals surface area (Å²) in [4.78, 5) is 11.4. The summed E-state index contributed by atoms with van der Waals surface area (Å²) < 4.78 is 10.2. The molecule has 5 heteroatoms. The second kappa shape index (κ2) is 6.02. The molecule has 0 saturated heterocycles. The van der Waals surface area contributed by atoms with Crippen LogP contribution in [0.4, 0.5) is 0 Å². The van der Waals surface area contributed by atoms with Crippen molar-refractivity contribution in [2.45, 2.75) is 32.8 Å². The Bertz CT molecular complexity index is 409. The highest BCUT2D eigenvalue weighted by molar-refractivity contribution is 5.76. The maximum atomic E-state index is 11.4. The molecule has 0 bridgehead atoms. The van der Waals surface area contributed by atoms with Gasteiger partial charge in [-0.25, -0.2) is 0 Å². The van der Waals surface area contributed by atoms with Crippen LogP contribution in [-0.4, -0.2) is 31.3 Å². The van der Waals surface area contributed by atoms with Gasteiger partial charge in [-0.15, -0.1) is 0 Å². The first-order valence-corrected chi connectivity index (χ1v) is 5.92. The molecule has 1 unspecified atom stereocenters. The molecule has 1 atom stereocenters. The molecule has 1 heterocycles. The molecule has 1 aromatic heterocycles. The van der Waals surface area contributed by atoms with E-state index >= 15 is 0 Å². The second-order valence-electron chi connectivity index (χ2n) is 4.62. The minimum atomic E-state index is -1.13. The number of aryl methyl sites for hydroxylation is 2. The minimum absolute atomic E-state index is 0.144. The van der Waals surface area contributed by atoms with E-state index in [1.165, 1.54) is 0 Å². The van der Waals surface area contributed by atoms with E-state index in [9.17, 15) is 9.90 Å². The van der Waals surface area contributed by atoms with E-state index in [0.717, 1.165) is 5.76 Å². The van der Waals surface area contributed by atoms with Gasteiger partial charge in [0.2, 0.25) is 5.91 Å². The molecule has 0 aliphatic rings. The van der Waals surface area contributed by atoms with Gasteiger partial charge in [0.25, 0.3) is 0 Å². The normalized spacial score (nSPS) is 14.3. The Balaban J connectivity index is 2.59. The zero-order valence-electron chi connectivity index (χ0n) is 11.4. The lowest BCUT2D eigenvalue weighted by Crippen LogP contribution is -2.39. The molecule has 0 saturated carbocycles. The van der Waals surface area contributed by atoms with Gasteiger partial charge in [-0.3, -0.25) is 4.79 Å². The van der Waals surface area contributed by atoms with Crippen molar-refractivity contribution < 1.29 is 19.1 Å². The van der Waals surface area contributed by atoms with Gasteiger partial charge >= 0.3 is 0 Å². The van der Waals surface area contributed by atoms with Gasteiger partial charge < -0.3 is 19.6 Å². The first kappa shape index (κ1) is 14.7. The third kappa shape index (κ3) is 3.85. The maximum absolute atomic E-state index is 11.4. The number of rotatable bonds is 6. The van der Waals surface area contributed by atoms with E-state index in [1.54, 1.807) is 27.0 Å². The number of furan rings is 1. The smallest absolute Gasteiger partial charge is 0.222 e. The molecule has 1 rings (SSSR count). The number of aliphatic hydroxyl groups is 1. The van der Waals surface area contributed by atoms with Crippen LogP contribution in [-0.2, 0) is 15.1 Å². The van der Waals surface area contributed by atoms with Crippen LogP contribution in [0.1, 0.15) is 30.4 Å². The highest BCUT2D eigenvalue weighted by Gasteiger charge is 2.28. The molecule has 0 aliphatic heterocycles. The summed E-state index contributed by atoms with van der Waals surface area (Å²) in [6.45, 7) is 5.79. The largest absolute Gasteiger partial charge is 0.466 e. The summed E-state index contributed by atoms with van der Waals surface area (Å²) in [5.41, 5.74) is -0.433. The van der Waals surface area contributed by atoms with Crippen molar-refractivity contribution in [2.24, 2.45) is 0 Å². The van der Waals surface area contributed by atoms with Crippen molar-refractivity contribution in [3.8, 4) is 0 Å². The molecule has 0 radical (unpaired) electrons. The third-order valence-electron chi connectivity index (χ3n) is 2.78. The molecular weight excluding hydrogens is 234 g/mol. The first-order chi connectivity index (χ1) is 8.36. The van der Waals surface area contributed by atoms with Crippen LogP contribution in [0.2, 0.25) is 0 Å². The fourth-order valence-corrected chi connectivity index (χ4v) is 1.81. The van der Waals surface area contributed by atoms with E-state index in [0.29, 0.717) is 17.9 Å². The highest BCUT2D eigenvalue weighted by atomic mass is 16.5. The first-order valence-electron chi connectivity index (χ1n) is 5.92. The number of carbonyl (C=O) groups excluding carboxylic acids is 1. The predicted octanol–water partition coefficient (Wildman–Crippen LogP) is 1.26. The van der Waals surface area contributed by atoms with E-state index in [-0.39, 0.29) is 18.9 Å². The fraction of sp³-hybridized carbons (Fsp3) is 0.615. The highest BCUT2D eigenvalue weighted by Crippen LogP contribution is 2.26. The zero-order valence-corrected chi connectivity index (χ0v) is 11.4. The van der Waals surface area contributed by atoms with Crippen molar-refractivity contribution in [1.82, 2.24) is 5.32 Å². The standard InChI is InChI=1S/C13H21NO4/c1-9-7-11(10(2)18-9)13(3,16)8-14-12(15)5-6-17-4/h7,16H,5-6,8H2,1-4H3,(H,14,15). The molecule has 0 aliphatic carbocycles. The Morgan fingerprint density at radius 1 is 1.56 bits per heavy atom. The Labute approximate surface area is 107 Å². The molecule has 0 aromatic carbocycles. The summed E-state index contributed by atoms with van der Waals surface area (Å²) in [6.07, 6.45) is 0.288. The number of hydrogen-bond donors (Lipinski definition) is 2. The summed E-state index contributed by atoms with van der Waals surface area (Å²) in [5, 5.41) is 13.0. The van der Waals surface area contributed by atoms with Crippen molar-refractivity contribution >= 4 is 5.91 Å². The third-order valence-corrected chi connectivity index (χ3v) is 2.78. The quantitative estimate of drug-likeness (QED) is 0.802. The van der Waals surface area contributed by atoms with Crippen LogP contribution in [0.3, 0.4) is 0 Å². The van der Waals surface area contributed by atoms with E-state index in [4.69, 9.17) is 9.15 Å². The molecule has 0 fully saturated rings. The van der Waals surface area contributed by atoms with Gasteiger partial charge in [-0.1, -0.05) is 0 Å². The van der Waals surface area contributed by atoms with Crippen LogP contribution in [0.15, 0.2) is 10.5 Å². The average molecular weight is 255 g/mol. The van der Waals surface area contributed by atoms with E-state index in [2.05, 4.69) is 5.32 Å². The Morgan fingerprint density at radius 2 is 2.22 bits per heavy atom. The second-order valence-corrected chi connectivity index (χ2v) is 4.62. The van der Waals surface area contributed by atoms with Crippen LogP contribution >= 0.6 is 0 Å². The average Bonchev–Trinajstić information content (AvgIpc) is 2.64. The maximum Gasteiger partial charge on any atom is 0.222 e. The molecule has 1 aromatic rings. The van der Waals surface area contributed by atoms with Gasteiger partial charge in [-0.2, -0.15) is 0 Å². The minimum Gasteiger partial charge on any atom is -0.466 e. The molecule has 18 heavy (non-hydrogen) atoms. The van der Waals surface area contributed by atoms with Crippen LogP contribution < -0.4 is 5.32 Å². The number of ether oxygens (including phenoxy) is 1. The van der Waals surface area contributed by atoms with E-state index < -0.39 is 5.60 Å². The summed E-state index contributed by atoms with van der Waals surface area (Å²) >= 11 is 0. The Morgan fingerprint density at radius 3 is 2.72 bits per heavy atom. The van der Waals surface area contributed by atoms with Gasteiger partial charge in [0.15, 0.2) is 0 Å². The molecule has 1 amide bonds. The number of methoxy groups -OCH3 is 1. The zero-order chi connectivity index (χ0) is 13.8. The summed E-state index contributed by atoms with van der Waals surface area (Å²) in [6, 6.07) is 1.79. The van der Waals surface area contributed by atoms with Gasteiger partial charge in [-0.05, 0) is 26.8 Å². The molecule has 5 nitrogen and oxygen atoms in total. The van der Waals surface area contributed by atoms with Crippen molar-refractivity contribution in [1.29, 1.82) is 0 Å². The Kier molecular flexibility index (Phi) is 4.93. The van der Waals surface area contributed by atoms with Crippen molar-refractivity contribution in [2.75, 3.05) is 20.3 Å². The summed E-state index contributed by atoms with van der Waals surface area (Å²) in [7, 11) is 1.54. The van der Waals surface area contributed by atoms with Crippen LogP contribution in [0.5, 0.6) is 0 Å². The number of carbonyl (C=O) groups is 1. The van der Waals surface area contributed by atoms with Gasteiger partial charge in [0.05, 0.1) is 13.2 Å². The van der Waals surface area contributed by atoms with E-state index in [1.807, 2.05) is 6.92 Å². The molecule has 2 N–H and O–H groups in total. The molecular formula is C13H21NO4. The monoisotopic (exact) mass is 255 g/mol. The lowest BCUT2D eigenvalue weighted by molar-refractivity contribution is -0.123. The van der Waals surface area contributed by atoms with Gasteiger partial charge in [0, 0.05) is 19.1 Å². The molecule has 0 spiro atoms. The SMILES string of the molecule is COCCC(=O)NCC(C)(O)c1cc(C)oc1C. The Hall–Kier alpha value is -1.33. The van der Waals surface area contributed by atoms with Crippen molar-refractivity contribution in [3.63, 3.8) is 0 Å². The predicted molar refractivity (Wildman–Crippen MR) is 67.3 cm³/mol. The van der Waals surface area contributed by atoms with Crippen LogP contribution in [0, 0.1) is 13.8 Å². The fourth-order valence-electron chi connectivity index (χ4n) is 1.81. The topological polar surface area (TPSA) is 71.7 Å². The lowest BCUT2D eigenvalue weighted by atomic mass is 9.96. The number of nitrogens with one attached hydrogen (secondary N) is 1. The summed E-state index contributed by atoms with van der Waals surface area (Å²) in [5.74, 6) is 1.27. The van der Waals surface area contributed by atoms with Gasteiger partial charge in [0.1, 0.15) is 17.1 Å². The number of hydrogen-bond acceptors (Lipinski definition) is 4. The van der Waals surface area contributed by atoms with Crippen LogP contribution in [0.25, 0.3) is 0 Å². The molecule has 102 valence electrons. The number of amides is 1. The lowest BCUT2D eigenvalue weighted by Gasteiger charge is -2.23. The van der Waals surface area contributed by atoms with Crippen molar-refractivity contribution in [3.05, 3.63) is 23.2 Å².